The average molecular weight is 288 g/mol. The maximum Gasteiger partial charge on any atom is 0.278 e. The van der Waals surface area contributed by atoms with E-state index in [4.69, 9.17) is 0 Å². The number of aromatic nitrogens is 6. The van der Waals surface area contributed by atoms with E-state index in [2.05, 4.69) is 47.7 Å². The lowest BCUT2D eigenvalue weighted by Crippen LogP contribution is -2.33. The largest absolute Gasteiger partial charge is 0.355 e. The Morgan fingerprint density at radius 1 is 1.38 bits per heavy atom. The number of anilines is 2. The molecule has 1 amide bonds. The molecule has 0 bridgehead atoms. The minimum atomic E-state index is -0.406. The SMILES string of the molecule is CC1CCN(c2cncc(C(=O)Nc3nn[nH]n3)n2)CC1. The Morgan fingerprint density at radius 2 is 2.19 bits per heavy atom. The molecule has 1 aliphatic heterocycles. The molecule has 0 radical (unpaired) electrons. The molecule has 0 aromatic carbocycles. The fourth-order valence-electron chi connectivity index (χ4n) is 2.24. The number of amides is 1. The number of nitrogens with zero attached hydrogens (tertiary/aromatic N) is 6. The van der Waals surface area contributed by atoms with Crippen molar-refractivity contribution in [2.75, 3.05) is 23.3 Å². The summed E-state index contributed by atoms with van der Waals surface area (Å²) in [6.07, 6.45) is 5.36. The zero-order valence-electron chi connectivity index (χ0n) is 11.7. The molecule has 1 fully saturated rings. The molecule has 0 saturated carbocycles. The minimum Gasteiger partial charge on any atom is -0.355 e. The quantitative estimate of drug-likeness (QED) is 0.844. The molecule has 9 heteroatoms. The van der Waals surface area contributed by atoms with Gasteiger partial charge in [-0.25, -0.2) is 4.98 Å². The summed E-state index contributed by atoms with van der Waals surface area (Å²) in [7, 11) is 0. The zero-order valence-corrected chi connectivity index (χ0v) is 11.7. The molecule has 0 aliphatic carbocycles. The fourth-order valence-corrected chi connectivity index (χ4v) is 2.24. The molecule has 3 heterocycles. The second-order valence-electron chi connectivity index (χ2n) is 5.12. The second kappa shape index (κ2) is 5.81. The summed E-state index contributed by atoms with van der Waals surface area (Å²) in [4.78, 5) is 22.7. The van der Waals surface area contributed by atoms with E-state index in [1.807, 2.05) is 0 Å². The first-order chi connectivity index (χ1) is 10.2. The van der Waals surface area contributed by atoms with Crippen LogP contribution in [-0.4, -0.2) is 49.6 Å². The molecule has 2 aromatic rings. The van der Waals surface area contributed by atoms with E-state index in [0.29, 0.717) is 0 Å². The Kier molecular flexibility index (Phi) is 3.71. The highest BCUT2D eigenvalue weighted by Crippen LogP contribution is 2.20. The average Bonchev–Trinajstić information content (AvgIpc) is 3.01. The van der Waals surface area contributed by atoms with Gasteiger partial charge in [0.25, 0.3) is 11.9 Å². The number of nitrogens with one attached hydrogen (secondary N) is 2. The Labute approximate surface area is 121 Å². The molecular formula is C12H16N8O. The molecule has 1 saturated heterocycles. The highest BCUT2D eigenvalue weighted by atomic mass is 16.2. The van der Waals surface area contributed by atoms with Crippen molar-refractivity contribution in [3.05, 3.63) is 18.1 Å². The van der Waals surface area contributed by atoms with Crippen LogP contribution in [-0.2, 0) is 0 Å². The third-order valence-corrected chi connectivity index (χ3v) is 3.53. The summed E-state index contributed by atoms with van der Waals surface area (Å²) in [5.41, 5.74) is 0.232. The molecule has 2 aromatic heterocycles. The lowest BCUT2D eigenvalue weighted by Gasteiger charge is -2.30. The number of hydrogen-bond acceptors (Lipinski definition) is 7. The van der Waals surface area contributed by atoms with Crippen molar-refractivity contribution in [3.8, 4) is 0 Å². The fraction of sp³-hybridized carbons (Fsp3) is 0.500. The Morgan fingerprint density at radius 3 is 2.90 bits per heavy atom. The molecule has 110 valence electrons. The summed E-state index contributed by atoms with van der Waals surface area (Å²) < 4.78 is 0. The summed E-state index contributed by atoms with van der Waals surface area (Å²) in [6.45, 7) is 4.12. The standard InChI is InChI=1S/C12H16N8O/c1-8-2-4-20(5-3-8)10-7-13-6-9(14-10)11(21)15-12-16-18-19-17-12/h6-8H,2-5H2,1H3,(H2,15,16,17,18,19,21). The summed E-state index contributed by atoms with van der Waals surface area (Å²) in [5.74, 6) is 1.16. The summed E-state index contributed by atoms with van der Waals surface area (Å²) >= 11 is 0. The van der Waals surface area contributed by atoms with Crippen LogP contribution in [0.15, 0.2) is 12.4 Å². The molecule has 3 rings (SSSR count). The van der Waals surface area contributed by atoms with Crippen molar-refractivity contribution in [2.45, 2.75) is 19.8 Å². The van der Waals surface area contributed by atoms with Crippen molar-refractivity contribution in [2.24, 2.45) is 5.92 Å². The van der Waals surface area contributed by atoms with Crippen LogP contribution < -0.4 is 10.2 Å². The predicted octanol–water partition coefficient (Wildman–Crippen LogP) is 0.478. The smallest absolute Gasteiger partial charge is 0.278 e. The van der Waals surface area contributed by atoms with Gasteiger partial charge in [-0.1, -0.05) is 12.0 Å². The van der Waals surface area contributed by atoms with Crippen molar-refractivity contribution >= 4 is 17.7 Å². The van der Waals surface area contributed by atoms with E-state index in [0.717, 1.165) is 37.7 Å². The number of H-pyrrole nitrogens is 1. The highest BCUT2D eigenvalue weighted by Gasteiger charge is 2.19. The van der Waals surface area contributed by atoms with Crippen LogP contribution >= 0.6 is 0 Å². The van der Waals surface area contributed by atoms with Crippen molar-refractivity contribution < 1.29 is 4.79 Å². The normalized spacial score (nSPS) is 16.0. The third kappa shape index (κ3) is 3.12. The second-order valence-corrected chi connectivity index (χ2v) is 5.12. The molecule has 0 spiro atoms. The summed E-state index contributed by atoms with van der Waals surface area (Å²) in [6, 6.07) is 0. The van der Waals surface area contributed by atoms with E-state index >= 15 is 0 Å². The van der Waals surface area contributed by atoms with Crippen molar-refractivity contribution in [3.63, 3.8) is 0 Å². The van der Waals surface area contributed by atoms with Gasteiger partial charge in [-0.2, -0.15) is 5.21 Å². The molecule has 9 nitrogen and oxygen atoms in total. The lowest BCUT2D eigenvalue weighted by atomic mass is 9.99. The number of tetrazole rings is 1. The molecule has 2 N–H and O–H groups in total. The van der Waals surface area contributed by atoms with Crippen LogP contribution in [0, 0.1) is 5.92 Å². The number of hydrogen-bond donors (Lipinski definition) is 2. The van der Waals surface area contributed by atoms with Gasteiger partial charge in [0, 0.05) is 13.1 Å². The van der Waals surface area contributed by atoms with Crippen molar-refractivity contribution in [1.29, 1.82) is 0 Å². The van der Waals surface area contributed by atoms with E-state index in [1.54, 1.807) is 6.20 Å². The molecule has 0 atom stereocenters. The monoisotopic (exact) mass is 288 g/mol. The molecule has 21 heavy (non-hydrogen) atoms. The van der Waals surface area contributed by atoms with Gasteiger partial charge in [-0.3, -0.25) is 15.1 Å². The number of piperidine rings is 1. The van der Waals surface area contributed by atoms with E-state index in [9.17, 15) is 4.79 Å². The van der Waals surface area contributed by atoms with Crippen LogP contribution in [0.3, 0.4) is 0 Å². The van der Waals surface area contributed by atoms with Crippen LogP contribution in [0.2, 0.25) is 0 Å². The topological polar surface area (TPSA) is 113 Å². The Bertz CT molecular complexity index is 605. The van der Waals surface area contributed by atoms with Crippen LogP contribution in [0.25, 0.3) is 0 Å². The first-order valence-corrected chi connectivity index (χ1v) is 6.84. The highest BCUT2D eigenvalue weighted by molar-refractivity contribution is 6.01. The zero-order chi connectivity index (χ0) is 14.7. The van der Waals surface area contributed by atoms with Gasteiger partial charge >= 0.3 is 0 Å². The third-order valence-electron chi connectivity index (χ3n) is 3.53. The minimum absolute atomic E-state index is 0.110. The van der Waals surface area contributed by atoms with Gasteiger partial charge in [-0.15, -0.1) is 5.10 Å². The van der Waals surface area contributed by atoms with Gasteiger partial charge in [0.1, 0.15) is 11.5 Å². The maximum absolute atomic E-state index is 12.0. The van der Waals surface area contributed by atoms with E-state index in [1.165, 1.54) is 6.20 Å². The van der Waals surface area contributed by atoms with Gasteiger partial charge in [-0.05, 0) is 24.0 Å². The first-order valence-electron chi connectivity index (χ1n) is 6.84. The van der Waals surface area contributed by atoms with Crippen molar-refractivity contribution in [1.82, 2.24) is 30.6 Å². The molecule has 0 unspecified atom stereocenters. The number of rotatable bonds is 3. The van der Waals surface area contributed by atoms with Crippen LogP contribution in [0.5, 0.6) is 0 Å². The maximum atomic E-state index is 12.0. The lowest BCUT2D eigenvalue weighted by molar-refractivity contribution is 0.102. The number of aromatic amines is 1. The van der Waals surface area contributed by atoms with E-state index < -0.39 is 5.91 Å². The molecular weight excluding hydrogens is 272 g/mol. The number of carbonyl (C=O) groups excluding carboxylic acids is 1. The van der Waals surface area contributed by atoms with Gasteiger partial charge in [0.2, 0.25) is 0 Å². The van der Waals surface area contributed by atoms with E-state index in [-0.39, 0.29) is 11.6 Å². The molecule has 1 aliphatic rings. The summed E-state index contributed by atoms with van der Waals surface area (Å²) in [5, 5.41) is 15.5. The van der Waals surface area contributed by atoms with Gasteiger partial charge in [0.05, 0.1) is 12.4 Å². The first kappa shape index (κ1) is 13.4. The Balaban J connectivity index is 1.72. The Hall–Kier alpha value is -2.58. The van der Waals surface area contributed by atoms with Gasteiger partial charge < -0.3 is 4.90 Å². The van der Waals surface area contributed by atoms with Crippen LogP contribution in [0.1, 0.15) is 30.3 Å². The number of carbonyl (C=O) groups is 1. The predicted molar refractivity (Wildman–Crippen MR) is 74.8 cm³/mol. The van der Waals surface area contributed by atoms with Gasteiger partial charge in [0.15, 0.2) is 0 Å². The van der Waals surface area contributed by atoms with Crippen LogP contribution in [0.4, 0.5) is 11.8 Å².